The van der Waals surface area contributed by atoms with Gasteiger partial charge in [-0.3, -0.25) is 23.6 Å². The maximum Gasteiger partial charge on any atom is 0.332 e. The van der Waals surface area contributed by atoms with E-state index in [1.165, 1.54) is 11.6 Å². The molecule has 0 saturated carbocycles. The fraction of sp³-hybridized carbons (Fsp3) is 0.476. The van der Waals surface area contributed by atoms with Gasteiger partial charge in [0.05, 0.1) is 12.8 Å². The predicted octanol–water partition coefficient (Wildman–Crippen LogP) is 0.529. The van der Waals surface area contributed by atoms with Crippen LogP contribution in [0, 0.1) is 0 Å². The van der Waals surface area contributed by atoms with Gasteiger partial charge in [0.1, 0.15) is 17.1 Å². The Morgan fingerprint density at radius 2 is 1.77 bits per heavy atom. The van der Waals surface area contributed by atoms with Gasteiger partial charge in [0.15, 0.2) is 6.29 Å². The van der Waals surface area contributed by atoms with Gasteiger partial charge in [-0.05, 0) is 25.1 Å². The molecule has 2 aromatic rings. The Kier molecular flexibility index (Phi) is 6.94. The molecule has 0 aliphatic carbocycles. The van der Waals surface area contributed by atoms with Crippen molar-refractivity contribution >= 4 is 17.8 Å². The topological polar surface area (TPSA) is 88.8 Å². The number of methoxy groups -OCH3 is 1. The monoisotopic (exact) mass is 415 g/mol. The number of carbonyl (C=O) groups excluding carboxylic acids is 1. The van der Waals surface area contributed by atoms with E-state index < -0.39 is 11.2 Å². The van der Waals surface area contributed by atoms with Gasteiger partial charge in [0.25, 0.3) is 5.56 Å². The van der Waals surface area contributed by atoms with Gasteiger partial charge in [-0.15, -0.1) is 0 Å². The summed E-state index contributed by atoms with van der Waals surface area (Å²) in [7, 11) is 4.61. The number of para-hydroxylation sites is 2. The lowest BCUT2D eigenvalue weighted by atomic mass is 10.2. The normalized spacial score (nSPS) is 14.6. The summed E-state index contributed by atoms with van der Waals surface area (Å²) in [6.07, 6.45) is 1.33. The minimum atomic E-state index is -0.580. The lowest BCUT2D eigenvalue weighted by molar-refractivity contribution is 0.112. The average molecular weight is 415 g/mol. The van der Waals surface area contributed by atoms with Crippen LogP contribution in [0.1, 0.15) is 16.8 Å². The van der Waals surface area contributed by atoms with Crippen LogP contribution in [0.3, 0.4) is 0 Å². The van der Waals surface area contributed by atoms with Crippen molar-refractivity contribution in [3.63, 3.8) is 0 Å². The van der Waals surface area contributed by atoms with Crippen molar-refractivity contribution in [1.82, 2.24) is 14.0 Å². The van der Waals surface area contributed by atoms with Crippen LogP contribution in [-0.4, -0.2) is 66.7 Å². The molecule has 1 saturated heterocycles. The molecule has 3 rings (SSSR count). The van der Waals surface area contributed by atoms with Crippen LogP contribution in [-0.2, 0) is 14.1 Å². The molecule has 0 spiro atoms. The number of aldehydes is 1. The van der Waals surface area contributed by atoms with Crippen molar-refractivity contribution in [1.29, 1.82) is 0 Å². The number of nitrogens with zero attached hydrogens (tertiary/aromatic N) is 4. The van der Waals surface area contributed by atoms with E-state index in [1.807, 2.05) is 18.2 Å². The third-order valence-electron chi connectivity index (χ3n) is 5.56. The molecule has 0 unspecified atom stereocenters. The second kappa shape index (κ2) is 9.62. The number of hydrogen-bond acceptors (Lipinski definition) is 7. The molecule has 2 heterocycles. The van der Waals surface area contributed by atoms with Gasteiger partial charge in [0, 0.05) is 46.8 Å². The lowest BCUT2D eigenvalue weighted by Gasteiger charge is -2.36. The van der Waals surface area contributed by atoms with Crippen LogP contribution in [0.5, 0.6) is 5.75 Å². The first-order valence-corrected chi connectivity index (χ1v) is 10.1. The maximum atomic E-state index is 12.1. The van der Waals surface area contributed by atoms with E-state index in [9.17, 15) is 14.4 Å². The molecule has 0 amide bonds. The number of nitrogens with one attached hydrogen (secondary N) is 1. The quantitative estimate of drug-likeness (QED) is 0.497. The first-order chi connectivity index (χ1) is 14.5. The van der Waals surface area contributed by atoms with Crippen LogP contribution >= 0.6 is 0 Å². The first-order valence-electron chi connectivity index (χ1n) is 10.1. The molecule has 0 bridgehead atoms. The standard InChI is InChI=1S/C21H29N5O4/c1-23-19(16(15-27)20(28)24(2)21(23)29)22-9-6-10-25-11-13-26(14-12-25)17-7-4-5-8-18(17)30-3/h4-5,7-8,15,22H,6,9-14H2,1-3H3. The number of aromatic nitrogens is 2. The molecule has 1 aromatic heterocycles. The molecule has 1 N–H and O–H groups in total. The Morgan fingerprint density at radius 3 is 2.43 bits per heavy atom. The summed E-state index contributed by atoms with van der Waals surface area (Å²) in [6.45, 7) is 5.19. The van der Waals surface area contributed by atoms with Crippen LogP contribution in [0.4, 0.5) is 11.5 Å². The van der Waals surface area contributed by atoms with Crippen LogP contribution < -0.4 is 26.2 Å². The summed E-state index contributed by atoms with van der Waals surface area (Å²) >= 11 is 0. The third kappa shape index (κ3) is 4.40. The van der Waals surface area contributed by atoms with E-state index in [4.69, 9.17) is 4.74 Å². The SMILES string of the molecule is COc1ccccc1N1CCN(CCCNc2c(C=O)c(=O)n(C)c(=O)n2C)CC1. The summed E-state index contributed by atoms with van der Waals surface area (Å²) in [4.78, 5) is 40.3. The van der Waals surface area contributed by atoms with Gasteiger partial charge in [-0.1, -0.05) is 12.1 Å². The summed E-state index contributed by atoms with van der Waals surface area (Å²) in [5.41, 5.74) is 0.0583. The van der Waals surface area contributed by atoms with Gasteiger partial charge < -0.3 is 15.0 Å². The zero-order valence-electron chi connectivity index (χ0n) is 17.8. The Hall–Kier alpha value is -3.07. The molecular formula is C21H29N5O4. The van der Waals surface area contributed by atoms with Gasteiger partial charge >= 0.3 is 5.69 Å². The molecular weight excluding hydrogens is 386 g/mol. The molecule has 9 heteroatoms. The fourth-order valence-corrected chi connectivity index (χ4v) is 3.80. The first kappa shape index (κ1) is 21.6. The number of ether oxygens (including phenoxy) is 1. The van der Waals surface area contributed by atoms with E-state index >= 15 is 0 Å². The number of benzene rings is 1. The third-order valence-corrected chi connectivity index (χ3v) is 5.56. The van der Waals surface area contributed by atoms with Gasteiger partial charge in [-0.2, -0.15) is 0 Å². The number of piperazine rings is 1. The zero-order valence-corrected chi connectivity index (χ0v) is 17.8. The zero-order chi connectivity index (χ0) is 21.7. The largest absolute Gasteiger partial charge is 0.495 e. The van der Waals surface area contributed by atoms with Gasteiger partial charge in [-0.25, -0.2) is 4.79 Å². The van der Waals surface area contributed by atoms with Crippen molar-refractivity contribution in [3.05, 3.63) is 50.7 Å². The number of hydrogen-bond donors (Lipinski definition) is 1. The van der Waals surface area contributed by atoms with E-state index in [-0.39, 0.29) is 11.4 Å². The minimum absolute atomic E-state index is 0.0231. The molecule has 30 heavy (non-hydrogen) atoms. The van der Waals surface area contributed by atoms with Crippen LogP contribution in [0.15, 0.2) is 33.9 Å². The second-order valence-corrected chi connectivity index (χ2v) is 7.37. The van der Waals surface area contributed by atoms with E-state index in [0.29, 0.717) is 12.8 Å². The highest BCUT2D eigenvalue weighted by atomic mass is 16.5. The average Bonchev–Trinajstić information content (AvgIpc) is 2.78. The highest BCUT2D eigenvalue weighted by Crippen LogP contribution is 2.28. The summed E-state index contributed by atoms with van der Waals surface area (Å²) in [6, 6.07) is 8.05. The molecule has 9 nitrogen and oxygen atoms in total. The molecule has 1 aliphatic rings. The molecule has 1 aromatic carbocycles. The van der Waals surface area contributed by atoms with Crippen molar-refractivity contribution in [2.24, 2.45) is 14.1 Å². The Bertz CT molecular complexity index is 1010. The summed E-state index contributed by atoms with van der Waals surface area (Å²) in [5, 5.41) is 3.10. The summed E-state index contributed by atoms with van der Waals surface area (Å²) in [5.74, 6) is 1.17. The van der Waals surface area contributed by atoms with Crippen LogP contribution in [0.25, 0.3) is 0 Å². The Labute approximate surface area is 175 Å². The molecule has 0 atom stereocenters. The van der Waals surface area contributed by atoms with Crippen LogP contribution in [0.2, 0.25) is 0 Å². The maximum absolute atomic E-state index is 12.1. The minimum Gasteiger partial charge on any atom is -0.495 e. The molecule has 1 fully saturated rings. The fourth-order valence-electron chi connectivity index (χ4n) is 3.80. The van der Waals surface area contributed by atoms with Crippen molar-refractivity contribution in [3.8, 4) is 5.75 Å². The smallest absolute Gasteiger partial charge is 0.332 e. The molecule has 0 radical (unpaired) electrons. The lowest BCUT2D eigenvalue weighted by Crippen LogP contribution is -2.47. The van der Waals surface area contributed by atoms with E-state index in [2.05, 4.69) is 21.2 Å². The van der Waals surface area contributed by atoms with Crippen molar-refractivity contribution in [2.75, 3.05) is 56.6 Å². The summed E-state index contributed by atoms with van der Waals surface area (Å²) < 4.78 is 7.71. The van der Waals surface area contributed by atoms with Crippen molar-refractivity contribution in [2.45, 2.75) is 6.42 Å². The van der Waals surface area contributed by atoms with E-state index in [1.54, 1.807) is 14.2 Å². The molecule has 162 valence electrons. The Balaban J connectivity index is 1.52. The number of anilines is 2. The Morgan fingerprint density at radius 1 is 1.07 bits per heavy atom. The van der Waals surface area contributed by atoms with Crippen molar-refractivity contribution < 1.29 is 9.53 Å². The molecule has 1 aliphatic heterocycles. The highest BCUT2D eigenvalue weighted by Gasteiger charge is 2.19. The second-order valence-electron chi connectivity index (χ2n) is 7.37. The number of carbonyl (C=O) groups is 1. The highest BCUT2D eigenvalue weighted by molar-refractivity contribution is 5.81. The predicted molar refractivity (Wildman–Crippen MR) is 117 cm³/mol. The van der Waals surface area contributed by atoms with Gasteiger partial charge in [0.2, 0.25) is 0 Å². The number of rotatable bonds is 8. The van der Waals surface area contributed by atoms with E-state index in [0.717, 1.165) is 55.1 Å².